The van der Waals surface area contributed by atoms with E-state index in [1.807, 2.05) is 13.1 Å². The Morgan fingerprint density at radius 2 is 1.70 bits per heavy atom. The molecular formula is C22H29N7O4. The average molecular weight is 456 g/mol. The molecule has 1 saturated heterocycles. The molecule has 0 saturated carbocycles. The Bertz CT molecular complexity index is 1130. The quantitative estimate of drug-likeness (QED) is 0.528. The van der Waals surface area contributed by atoms with Gasteiger partial charge in [0.25, 0.3) is 0 Å². The van der Waals surface area contributed by atoms with Crippen LogP contribution in [0.1, 0.15) is 5.56 Å². The van der Waals surface area contributed by atoms with E-state index in [1.54, 1.807) is 44.6 Å². The van der Waals surface area contributed by atoms with Gasteiger partial charge in [0.15, 0.2) is 17.1 Å². The molecule has 2 aromatic heterocycles. The van der Waals surface area contributed by atoms with Gasteiger partial charge in [-0.15, -0.1) is 0 Å². The van der Waals surface area contributed by atoms with Crippen LogP contribution in [0.25, 0.3) is 11.0 Å². The predicted molar refractivity (Wildman–Crippen MR) is 123 cm³/mol. The first-order valence-electron chi connectivity index (χ1n) is 10.7. The molecule has 3 heterocycles. The second-order valence-corrected chi connectivity index (χ2v) is 7.76. The van der Waals surface area contributed by atoms with Crippen molar-refractivity contribution < 1.29 is 19.0 Å². The van der Waals surface area contributed by atoms with Crippen LogP contribution in [0, 0.1) is 0 Å². The normalized spacial score (nSPS) is 14.4. The standard InChI is InChI=1S/C22H29N7O4/c1-27-21-16(12-26-27)22(25-14-24-21)29-7-5-28(6-8-29)13-20(30)23-11-15-9-18(32-3)19(33-4)10-17(15)31-2/h9-10,12,14H,5-8,11,13H2,1-4H3,(H,23,30). The van der Waals surface area contributed by atoms with Crippen LogP contribution in [0.2, 0.25) is 0 Å². The molecule has 1 aliphatic heterocycles. The van der Waals surface area contributed by atoms with E-state index in [0.29, 0.717) is 30.3 Å². The van der Waals surface area contributed by atoms with Crippen molar-refractivity contribution >= 4 is 22.8 Å². The summed E-state index contributed by atoms with van der Waals surface area (Å²) in [5.41, 5.74) is 1.63. The molecule has 1 aliphatic rings. The third-order valence-corrected chi connectivity index (χ3v) is 5.81. The summed E-state index contributed by atoms with van der Waals surface area (Å²) in [6.07, 6.45) is 3.37. The minimum atomic E-state index is -0.0445. The van der Waals surface area contributed by atoms with Crippen LogP contribution in [0.5, 0.6) is 17.2 Å². The highest BCUT2D eigenvalue weighted by atomic mass is 16.5. The lowest BCUT2D eigenvalue weighted by Crippen LogP contribution is -2.49. The van der Waals surface area contributed by atoms with Gasteiger partial charge in [0, 0.05) is 51.4 Å². The number of hydrogen-bond acceptors (Lipinski definition) is 9. The molecule has 0 radical (unpaired) electrons. The monoisotopic (exact) mass is 455 g/mol. The number of anilines is 1. The van der Waals surface area contributed by atoms with E-state index in [1.165, 1.54) is 0 Å². The molecule has 33 heavy (non-hydrogen) atoms. The van der Waals surface area contributed by atoms with Gasteiger partial charge < -0.3 is 24.4 Å². The summed E-state index contributed by atoms with van der Waals surface area (Å²) in [6, 6.07) is 3.57. The molecule has 0 unspecified atom stereocenters. The Hall–Kier alpha value is -3.60. The van der Waals surface area contributed by atoms with Gasteiger partial charge in [-0.1, -0.05) is 0 Å². The third kappa shape index (κ3) is 4.77. The lowest BCUT2D eigenvalue weighted by Gasteiger charge is -2.35. The molecule has 176 valence electrons. The Kier molecular flexibility index (Phi) is 6.78. The summed E-state index contributed by atoms with van der Waals surface area (Å²) < 4.78 is 17.8. The van der Waals surface area contributed by atoms with E-state index in [4.69, 9.17) is 14.2 Å². The molecule has 1 amide bonds. The van der Waals surface area contributed by atoms with E-state index in [9.17, 15) is 4.79 Å². The second kappa shape index (κ2) is 9.90. The van der Waals surface area contributed by atoms with Crippen LogP contribution in [-0.4, -0.2) is 84.6 Å². The number of aromatic nitrogens is 4. The number of benzene rings is 1. The summed E-state index contributed by atoms with van der Waals surface area (Å²) >= 11 is 0. The number of carbonyl (C=O) groups excluding carboxylic acids is 1. The lowest BCUT2D eigenvalue weighted by molar-refractivity contribution is -0.122. The molecule has 0 bridgehead atoms. The van der Waals surface area contributed by atoms with E-state index in [-0.39, 0.29) is 5.91 Å². The van der Waals surface area contributed by atoms with Gasteiger partial charge in [-0.05, 0) is 6.07 Å². The van der Waals surface area contributed by atoms with Crippen molar-refractivity contribution in [3.8, 4) is 17.2 Å². The number of carbonyl (C=O) groups is 1. The number of nitrogens with zero attached hydrogens (tertiary/aromatic N) is 6. The number of amides is 1. The van der Waals surface area contributed by atoms with Gasteiger partial charge >= 0.3 is 0 Å². The first kappa shape index (κ1) is 22.6. The fraction of sp³-hybridized carbons (Fsp3) is 0.455. The fourth-order valence-electron chi connectivity index (χ4n) is 4.00. The highest BCUT2D eigenvalue weighted by Crippen LogP contribution is 2.34. The van der Waals surface area contributed by atoms with Gasteiger partial charge in [-0.25, -0.2) is 9.97 Å². The van der Waals surface area contributed by atoms with Gasteiger partial charge in [0.2, 0.25) is 5.91 Å². The van der Waals surface area contributed by atoms with Gasteiger partial charge in [-0.3, -0.25) is 14.4 Å². The Morgan fingerprint density at radius 1 is 1.00 bits per heavy atom. The van der Waals surface area contributed by atoms with Crippen molar-refractivity contribution in [1.82, 2.24) is 30.0 Å². The highest BCUT2D eigenvalue weighted by Gasteiger charge is 2.22. The number of rotatable bonds is 8. The lowest BCUT2D eigenvalue weighted by atomic mass is 10.1. The first-order chi connectivity index (χ1) is 16.0. The summed E-state index contributed by atoms with van der Waals surface area (Å²) in [5.74, 6) is 2.64. The Balaban J connectivity index is 1.32. The van der Waals surface area contributed by atoms with E-state index in [0.717, 1.165) is 48.6 Å². The molecule has 4 rings (SSSR count). The minimum Gasteiger partial charge on any atom is -0.496 e. The van der Waals surface area contributed by atoms with Crippen molar-refractivity contribution in [2.24, 2.45) is 7.05 Å². The average Bonchev–Trinajstić information content (AvgIpc) is 3.23. The van der Waals surface area contributed by atoms with E-state index < -0.39 is 0 Å². The fourth-order valence-corrected chi connectivity index (χ4v) is 4.00. The van der Waals surface area contributed by atoms with Crippen LogP contribution in [0.15, 0.2) is 24.7 Å². The van der Waals surface area contributed by atoms with E-state index >= 15 is 0 Å². The Morgan fingerprint density at radius 3 is 2.39 bits per heavy atom. The zero-order valence-corrected chi connectivity index (χ0v) is 19.4. The zero-order valence-electron chi connectivity index (χ0n) is 19.4. The molecule has 11 nitrogen and oxygen atoms in total. The zero-order chi connectivity index (χ0) is 23.4. The van der Waals surface area contributed by atoms with Crippen LogP contribution < -0.4 is 24.4 Å². The maximum Gasteiger partial charge on any atom is 0.234 e. The smallest absolute Gasteiger partial charge is 0.234 e. The topological polar surface area (TPSA) is 107 Å². The number of piperazine rings is 1. The number of hydrogen-bond donors (Lipinski definition) is 1. The molecule has 1 fully saturated rings. The first-order valence-corrected chi connectivity index (χ1v) is 10.7. The molecule has 3 aromatic rings. The Labute approximate surface area is 192 Å². The van der Waals surface area contributed by atoms with Crippen molar-refractivity contribution in [1.29, 1.82) is 0 Å². The van der Waals surface area contributed by atoms with Crippen molar-refractivity contribution in [3.63, 3.8) is 0 Å². The molecular weight excluding hydrogens is 426 g/mol. The molecule has 0 atom stereocenters. The van der Waals surface area contributed by atoms with Crippen LogP contribution in [-0.2, 0) is 18.4 Å². The maximum atomic E-state index is 12.6. The molecule has 1 aromatic carbocycles. The minimum absolute atomic E-state index is 0.0445. The van der Waals surface area contributed by atoms with E-state index in [2.05, 4.69) is 30.2 Å². The van der Waals surface area contributed by atoms with Crippen LogP contribution >= 0.6 is 0 Å². The number of fused-ring (bicyclic) bond motifs is 1. The van der Waals surface area contributed by atoms with Gasteiger partial charge in [-0.2, -0.15) is 5.10 Å². The molecule has 0 aliphatic carbocycles. The summed E-state index contributed by atoms with van der Waals surface area (Å²) in [6.45, 7) is 3.74. The number of methoxy groups -OCH3 is 3. The predicted octanol–water partition coefficient (Wildman–Crippen LogP) is 0.828. The SMILES string of the molecule is COc1cc(OC)c(OC)cc1CNC(=O)CN1CCN(c2ncnc3c2cnn3C)CC1. The third-order valence-electron chi connectivity index (χ3n) is 5.81. The van der Waals surface area contributed by atoms with Crippen molar-refractivity contribution in [2.45, 2.75) is 6.54 Å². The largest absolute Gasteiger partial charge is 0.496 e. The summed E-state index contributed by atoms with van der Waals surface area (Å²) in [4.78, 5) is 25.7. The second-order valence-electron chi connectivity index (χ2n) is 7.76. The van der Waals surface area contributed by atoms with Crippen molar-refractivity contribution in [3.05, 3.63) is 30.2 Å². The number of aryl methyl sites for hydroxylation is 1. The molecule has 11 heteroatoms. The number of nitrogens with one attached hydrogen (secondary N) is 1. The maximum absolute atomic E-state index is 12.6. The highest BCUT2D eigenvalue weighted by molar-refractivity contribution is 5.86. The molecule has 1 N–H and O–H groups in total. The van der Waals surface area contributed by atoms with Gasteiger partial charge in [0.05, 0.1) is 39.5 Å². The number of ether oxygens (including phenoxy) is 3. The van der Waals surface area contributed by atoms with Crippen LogP contribution in [0.4, 0.5) is 5.82 Å². The summed E-state index contributed by atoms with van der Waals surface area (Å²) in [7, 11) is 6.60. The summed E-state index contributed by atoms with van der Waals surface area (Å²) in [5, 5.41) is 8.20. The van der Waals surface area contributed by atoms with Crippen LogP contribution in [0.3, 0.4) is 0 Å². The van der Waals surface area contributed by atoms with Crippen molar-refractivity contribution in [2.75, 3.05) is 59.0 Å². The van der Waals surface area contributed by atoms with Gasteiger partial charge in [0.1, 0.15) is 17.9 Å². The molecule has 0 spiro atoms.